The summed E-state index contributed by atoms with van der Waals surface area (Å²) in [5.74, 6) is 1.79. The SMILES string of the molecule is Cc1ncc(-c2cccc(Nc3ncnc4c(-c5cccs5)cccc34)c2)n1C. The fourth-order valence-corrected chi connectivity index (χ4v) is 4.23. The quantitative estimate of drug-likeness (QED) is 0.416. The Hall–Kier alpha value is -3.51. The van der Waals surface area contributed by atoms with Crippen molar-refractivity contribution in [3.63, 3.8) is 0 Å². The number of anilines is 2. The average Bonchev–Trinajstić information content (AvgIpc) is 3.39. The molecule has 5 aromatic rings. The molecule has 0 aliphatic heterocycles. The monoisotopic (exact) mass is 397 g/mol. The third kappa shape index (κ3) is 3.17. The molecule has 2 aromatic carbocycles. The van der Waals surface area contributed by atoms with Gasteiger partial charge in [0.25, 0.3) is 0 Å². The predicted molar refractivity (Wildman–Crippen MR) is 120 cm³/mol. The Morgan fingerprint density at radius 2 is 1.86 bits per heavy atom. The van der Waals surface area contributed by atoms with Gasteiger partial charge in [0.2, 0.25) is 0 Å². The molecule has 0 atom stereocenters. The molecule has 3 heterocycles. The van der Waals surface area contributed by atoms with E-state index in [0.717, 1.165) is 45.1 Å². The molecule has 6 heteroatoms. The van der Waals surface area contributed by atoms with Gasteiger partial charge < -0.3 is 9.88 Å². The van der Waals surface area contributed by atoms with Crippen molar-refractivity contribution in [1.82, 2.24) is 19.5 Å². The van der Waals surface area contributed by atoms with Crippen LogP contribution in [0.15, 0.2) is 72.5 Å². The van der Waals surface area contributed by atoms with Gasteiger partial charge >= 0.3 is 0 Å². The van der Waals surface area contributed by atoms with Gasteiger partial charge in [0.1, 0.15) is 18.0 Å². The minimum absolute atomic E-state index is 0.798. The zero-order valence-electron chi connectivity index (χ0n) is 16.1. The molecule has 0 saturated carbocycles. The lowest BCUT2D eigenvalue weighted by molar-refractivity contribution is 0.865. The Morgan fingerprint density at radius 3 is 2.66 bits per heavy atom. The maximum absolute atomic E-state index is 4.56. The third-order valence-electron chi connectivity index (χ3n) is 5.09. The first-order valence-electron chi connectivity index (χ1n) is 9.34. The molecule has 5 nitrogen and oxygen atoms in total. The number of aromatic nitrogens is 4. The molecule has 0 aliphatic rings. The molecule has 0 aliphatic carbocycles. The van der Waals surface area contributed by atoms with E-state index in [1.807, 2.05) is 32.3 Å². The number of fused-ring (bicyclic) bond motifs is 1. The molecule has 3 aromatic heterocycles. The highest BCUT2D eigenvalue weighted by Crippen LogP contribution is 2.33. The van der Waals surface area contributed by atoms with E-state index in [9.17, 15) is 0 Å². The fraction of sp³-hybridized carbons (Fsp3) is 0.0870. The maximum Gasteiger partial charge on any atom is 0.141 e. The minimum atomic E-state index is 0.798. The first kappa shape index (κ1) is 17.6. The molecule has 0 amide bonds. The Kier molecular flexibility index (Phi) is 4.33. The summed E-state index contributed by atoms with van der Waals surface area (Å²) in [6.07, 6.45) is 3.53. The number of para-hydroxylation sites is 1. The topological polar surface area (TPSA) is 55.6 Å². The second-order valence-corrected chi connectivity index (χ2v) is 7.80. The van der Waals surface area contributed by atoms with Crippen molar-refractivity contribution < 1.29 is 0 Å². The summed E-state index contributed by atoms with van der Waals surface area (Å²) in [5.41, 5.74) is 5.24. The van der Waals surface area contributed by atoms with Crippen LogP contribution in [-0.4, -0.2) is 19.5 Å². The van der Waals surface area contributed by atoms with Gasteiger partial charge in [-0.3, -0.25) is 0 Å². The number of nitrogens with zero attached hydrogens (tertiary/aromatic N) is 4. The van der Waals surface area contributed by atoms with Crippen LogP contribution in [0.1, 0.15) is 5.82 Å². The summed E-state index contributed by atoms with van der Waals surface area (Å²) in [7, 11) is 2.03. The van der Waals surface area contributed by atoms with Crippen LogP contribution in [0.4, 0.5) is 11.5 Å². The maximum atomic E-state index is 4.56. The molecule has 0 fully saturated rings. The highest BCUT2D eigenvalue weighted by atomic mass is 32.1. The van der Waals surface area contributed by atoms with Crippen molar-refractivity contribution in [2.75, 3.05) is 5.32 Å². The van der Waals surface area contributed by atoms with Crippen LogP contribution in [0.5, 0.6) is 0 Å². The van der Waals surface area contributed by atoms with Gasteiger partial charge in [-0.05, 0) is 36.6 Å². The number of hydrogen-bond donors (Lipinski definition) is 1. The van der Waals surface area contributed by atoms with E-state index < -0.39 is 0 Å². The van der Waals surface area contributed by atoms with Crippen LogP contribution in [-0.2, 0) is 7.05 Å². The lowest BCUT2D eigenvalue weighted by Gasteiger charge is -2.11. The van der Waals surface area contributed by atoms with Crippen LogP contribution in [0.3, 0.4) is 0 Å². The van der Waals surface area contributed by atoms with Gasteiger partial charge in [-0.2, -0.15) is 0 Å². The molecule has 0 unspecified atom stereocenters. The smallest absolute Gasteiger partial charge is 0.141 e. The Bertz CT molecular complexity index is 1300. The number of thiophene rings is 1. The zero-order valence-corrected chi connectivity index (χ0v) is 16.9. The Labute approximate surface area is 172 Å². The van der Waals surface area contributed by atoms with Crippen molar-refractivity contribution in [3.8, 4) is 21.7 Å². The van der Waals surface area contributed by atoms with Gasteiger partial charge in [0.15, 0.2) is 0 Å². The zero-order chi connectivity index (χ0) is 19.8. The fourth-order valence-electron chi connectivity index (χ4n) is 3.48. The molecule has 29 heavy (non-hydrogen) atoms. The third-order valence-corrected chi connectivity index (χ3v) is 6.00. The lowest BCUT2D eigenvalue weighted by Crippen LogP contribution is -1.98. The van der Waals surface area contributed by atoms with Crippen LogP contribution in [0, 0.1) is 6.92 Å². The van der Waals surface area contributed by atoms with Crippen LogP contribution >= 0.6 is 11.3 Å². The summed E-state index contributed by atoms with van der Waals surface area (Å²) in [5, 5.41) is 6.56. The number of nitrogens with one attached hydrogen (secondary N) is 1. The van der Waals surface area contributed by atoms with Crippen molar-refractivity contribution in [2.45, 2.75) is 6.92 Å². The number of imidazole rings is 1. The molecule has 0 spiro atoms. The van der Waals surface area contributed by atoms with Gasteiger partial charge in [0.05, 0.1) is 17.4 Å². The second-order valence-electron chi connectivity index (χ2n) is 6.86. The Morgan fingerprint density at radius 1 is 0.966 bits per heavy atom. The molecule has 0 bridgehead atoms. The molecule has 0 saturated heterocycles. The molecule has 142 valence electrons. The van der Waals surface area contributed by atoms with Crippen molar-refractivity contribution in [2.24, 2.45) is 7.05 Å². The number of benzene rings is 2. The van der Waals surface area contributed by atoms with Gasteiger partial charge in [0, 0.05) is 34.1 Å². The van der Waals surface area contributed by atoms with E-state index in [0.29, 0.717) is 0 Å². The lowest BCUT2D eigenvalue weighted by atomic mass is 10.1. The number of rotatable bonds is 4. The van der Waals surface area contributed by atoms with E-state index in [-0.39, 0.29) is 0 Å². The van der Waals surface area contributed by atoms with Crippen molar-refractivity contribution in [1.29, 1.82) is 0 Å². The van der Waals surface area contributed by atoms with Crippen LogP contribution < -0.4 is 5.32 Å². The molecule has 1 N–H and O–H groups in total. The Balaban J connectivity index is 1.55. The largest absolute Gasteiger partial charge is 0.340 e. The summed E-state index contributed by atoms with van der Waals surface area (Å²) >= 11 is 1.71. The first-order chi connectivity index (χ1) is 14.2. The first-order valence-corrected chi connectivity index (χ1v) is 10.2. The standard InChI is InChI=1S/C23H19N5S/c1-15-24-13-20(28(15)2)16-6-3-7-17(12-16)27-23-19-9-4-8-18(21-10-5-11-29-21)22(19)25-14-26-23/h3-14H,1-2H3,(H,25,26,27). The predicted octanol–water partition coefficient (Wildman–Crippen LogP) is 5.81. The van der Waals surface area contributed by atoms with Gasteiger partial charge in [-0.15, -0.1) is 11.3 Å². The van der Waals surface area contributed by atoms with Crippen LogP contribution in [0.25, 0.3) is 32.6 Å². The summed E-state index contributed by atoms with van der Waals surface area (Å²) in [4.78, 5) is 14.7. The molecule has 5 rings (SSSR count). The average molecular weight is 398 g/mol. The van der Waals surface area contributed by atoms with E-state index in [2.05, 4.69) is 72.7 Å². The summed E-state index contributed by atoms with van der Waals surface area (Å²) < 4.78 is 2.09. The highest BCUT2D eigenvalue weighted by molar-refractivity contribution is 7.13. The van der Waals surface area contributed by atoms with E-state index in [1.165, 1.54) is 4.88 Å². The molecular formula is C23H19N5S. The van der Waals surface area contributed by atoms with E-state index in [4.69, 9.17) is 0 Å². The van der Waals surface area contributed by atoms with Gasteiger partial charge in [-0.25, -0.2) is 15.0 Å². The van der Waals surface area contributed by atoms with Crippen molar-refractivity contribution in [3.05, 3.63) is 78.3 Å². The second kappa shape index (κ2) is 7.14. The molecular weight excluding hydrogens is 378 g/mol. The van der Waals surface area contributed by atoms with Crippen LogP contribution in [0.2, 0.25) is 0 Å². The summed E-state index contributed by atoms with van der Waals surface area (Å²) in [6.45, 7) is 2.00. The van der Waals surface area contributed by atoms with Gasteiger partial charge in [-0.1, -0.05) is 30.3 Å². The minimum Gasteiger partial charge on any atom is -0.340 e. The number of aryl methyl sites for hydroxylation is 1. The number of hydrogen-bond acceptors (Lipinski definition) is 5. The summed E-state index contributed by atoms with van der Waals surface area (Å²) in [6, 6.07) is 18.7. The highest BCUT2D eigenvalue weighted by Gasteiger charge is 2.11. The molecule has 0 radical (unpaired) electrons. The van der Waals surface area contributed by atoms with E-state index >= 15 is 0 Å². The van der Waals surface area contributed by atoms with E-state index in [1.54, 1.807) is 17.7 Å². The normalized spacial score (nSPS) is 11.1. The van der Waals surface area contributed by atoms with Crippen molar-refractivity contribution >= 4 is 33.7 Å².